The van der Waals surface area contributed by atoms with Gasteiger partial charge in [-0.2, -0.15) is 0 Å². The fourth-order valence-corrected chi connectivity index (χ4v) is 0.822. The molecular formula is C7H14NO6Rb. The minimum Gasteiger partial charge on any atom is -0.654 e. The van der Waals surface area contributed by atoms with Crippen molar-refractivity contribution >= 4 is 6.41 Å². The Morgan fingerprint density at radius 3 is 1.93 bits per heavy atom. The number of carbonyl (C=O) groups is 1. The van der Waals surface area contributed by atoms with E-state index in [1.807, 2.05) is 0 Å². The van der Waals surface area contributed by atoms with Crippen LogP contribution in [0.4, 0.5) is 0 Å². The number of nitrogens with zero attached hydrogens (tertiary/aromatic N) is 1. The van der Waals surface area contributed by atoms with E-state index in [2.05, 4.69) is 5.32 Å². The minimum absolute atomic E-state index is 0. The van der Waals surface area contributed by atoms with Crippen LogP contribution in [0.2, 0.25) is 0 Å². The Labute approximate surface area is 136 Å². The fourth-order valence-electron chi connectivity index (χ4n) is 0.822. The molecule has 84 valence electrons. The van der Waals surface area contributed by atoms with Gasteiger partial charge in [-0.1, -0.05) is 0 Å². The Kier molecular flexibility index (Phi) is 12.6. The van der Waals surface area contributed by atoms with Crippen molar-refractivity contribution < 1.29 is 88.5 Å². The van der Waals surface area contributed by atoms with E-state index < -0.39 is 31.0 Å². The summed E-state index contributed by atoms with van der Waals surface area (Å²) >= 11 is 0. The van der Waals surface area contributed by atoms with Crippen molar-refractivity contribution in [3.05, 3.63) is 5.32 Å². The molecule has 15 heavy (non-hydrogen) atoms. The zero-order valence-electron chi connectivity index (χ0n) is 8.39. The molecule has 0 fully saturated rings. The monoisotopic (exact) mass is 293 g/mol. The SMILES string of the molecule is O=C[N-]CC(O)C(O)C(O)C(O)CO.[Rb+]. The van der Waals surface area contributed by atoms with Crippen molar-refractivity contribution in [3.63, 3.8) is 0 Å². The van der Waals surface area contributed by atoms with Gasteiger partial charge in [0.2, 0.25) is 0 Å². The molecule has 4 atom stereocenters. The normalized spacial score (nSPS) is 18.2. The molecular weight excluding hydrogens is 280 g/mol. The molecule has 0 aromatic carbocycles. The third-order valence-corrected chi connectivity index (χ3v) is 1.69. The third kappa shape index (κ3) is 7.08. The number of hydrogen-bond acceptors (Lipinski definition) is 6. The molecule has 0 aromatic rings. The van der Waals surface area contributed by atoms with Crippen LogP contribution in [0.5, 0.6) is 0 Å². The van der Waals surface area contributed by atoms with Gasteiger partial charge in [-0.25, -0.2) is 0 Å². The fraction of sp³-hybridized carbons (Fsp3) is 0.857. The summed E-state index contributed by atoms with van der Waals surface area (Å²) in [6, 6.07) is 0. The molecule has 0 rings (SSSR count). The van der Waals surface area contributed by atoms with Gasteiger partial charge in [-0.3, -0.25) is 0 Å². The number of rotatable bonds is 7. The van der Waals surface area contributed by atoms with Crippen molar-refractivity contribution in [1.82, 2.24) is 0 Å². The third-order valence-electron chi connectivity index (χ3n) is 1.69. The topological polar surface area (TPSA) is 132 Å². The Morgan fingerprint density at radius 1 is 1.07 bits per heavy atom. The Bertz CT molecular complexity index is 172. The van der Waals surface area contributed by atoms with Crippen molar-refractivity contribution in [1.29, 1.82) is 0 Å². The van der Waals surface area contributed by atoms with Crippen molar-refractivity contribution in [3.8, 4) is 0 Å². The predicted octanol–water partition coefficient (Wildman–Crippen LogP) is -6.04. The van der Waals surface area contributed by atoms with Crippen LogP contribution < -0.4 is 58.2 Å². The van der Waals surface area contributed by atoms with Gasteiger partial charge in [0, 0.05) is 6.41 Å². The van der Waals surface area contributed by atoms with E-state index in [1.165, 1.54) is 0 Å². The van der Waals surface area contributed by atoms with Crippen molar-refractivity contribution in [2.75, 3.05) is 13.2 Å². The van der Waals surface area contributed by atoms with Gasteiger partial charge in [-0.15, -0.1) is 6.54 Å². The average molecular weight is 294 g/mol. The molecule has 0 aliphatic heterocycles. The first-order valence-corrected chi connectivity index (χ1v) is 3.98. The summed E-state index contributed by atoms with van der Waals surface area (Å²) in [6.07, 6.45) is -6.16. The van der Waals surface area contributed by atoms with E-state index in [1.54, 1.807) is 0 Å². The molecule has 0 radical (unpaired) electrons. The second kappa shape index (κ2) is 10.2. The van der Waals surface area contributed by atoms with Crippen LogP contribution in [0.15, 0.2) is 0 Å². The second-order valence-corrected chi connectivity index (χ2v) is 2.77. The Hall–Kier alpha value is 1.08. The van der Waals surface area contributed by atoms with Crippen LogP contribution >= 0.6 is 0 Å². The van der Waals surface area contributed by atoms with E-state index in [-0.39, 0.29) is 71.1 Å². The number of aliphatic hydroxyl groups excluding tert-OH is 5. The first kappa shape index (κ1) is 18.4. The van der Waals surface area contributed by atoms with Gasteiger partial charge in [0.25, 0.3) is 0 Å². The van der Waals surface area contributed by atoms with E-state index in [9.17, 15) is 4.79 Å². The van der Waals surface area contributed by atoms with E-state index in [0.717, 1.165) is 0 Å². The maximum atomic E-state index is 9.78. The predicted molar refractivity (Wildman–Crippen MR) is 45.4 cm³/mol. The van der Waals surface area contributed by atoms with Crippen LogP contribution in [0.25, 0.3) is 5.32 Å². The van der Waals surface area contributed by atoms with E-state index >= 15 is 0 Å². The molecule has 0 saturated heterocycles. The summed E-state index contributed by atoms with van der Waals surface area (Å²) in [4.78, 5) is 9.78. The van der Waals surface area contributed by atoms with Crippen LogP contribution in [-0.4, -0.2) is 69.5 Å². The zero-order valence-corrected chi connectivity index (χ0v) is 13.3. The molecule has 1 amide bonds. The van der Waals surface area contributed by atoms with Crippen LogP contribution in [-0.2, 0) is 4.79 Å². The molecule has 0 aliphatic rings. The number of aliphatic hydroxyl groups is 5. The summed E-state index contributed by atoms with van der Waals surface area (Å²) < 4.78 is 0. The number of carbonyl (C=O) groups excluding carboxylic acids is 1. The largest absolute Gasteiger partial charge is 1.00 e. The smallest absolute Gasteiger partial charge is 0.654 e. The van der Waals surface area contributed by atoms with Crippen LogP contribution in [0.3, 0.4) is 0 Å². The maximum Gasteiger partial charge on any atom is 1.00 e. The molecule has 0 saturated carbocycles. The van der Waals surface area contributed by atoms with Gasteiger partial charge in [-0.05, 0) is 0 Å². The van der Waals surface area contributed by atoms with Gasteiger partial charge >= 0.3 is 58.2 Å². The molecule has 0 aromatic heterocycles. The first-order chi connectivity index (χ1) is 6.54. The summed E-state index contributed by atoms with van der Waals surface area (Å²) in [7, 11) is 0. The van der Waals surface area contributed by atoms with Crippen molar-refractivity contribution in [2.45, 2.75) is 24.4 Å². The number of hydrogen-bond donors (Lipinski definition) is 5. The Morgan fingerprint density at radius 2 is 1.53 bits per heavy atom. The van der Waals surface area contributed by atoms with Gasteiger partial charge in [0.1, 0.15) is 18.3 Å². The zero-order chi connectivity index (χ0) is 11.1. The minimum atomic E-state index is -1.68. The molecule has 4 unspecified atom stereocenters. The summed E-state index contributed by atoms with van der Waals surface area (Å²) in [5.41, 5.74) is 0. The summed E-state index contributed by atoms with van der Waals surface area (Å²) in [5, 5.41) is 47.8. The van der Waals surface area contributed by atoms with E-state index in [4.69, 9.17) is 25.5 Å². The molecule has 8 heteroatoms. The van der Waals surface area contributed by atoms with Crippen LogP contribution in [0.1, 0.15) is 0 Å². The van der Waals surface area contributed by atoms with Gasteiger partial charge in [0.05, 0.1) is 12.7 Å². The molecule has 0 spiro atoms. The van der Waals surface area contributed by atoms with Crippen LogP contribution in [0, 0.1) is 0 Å². The maximum absolute atomic E-state index is 9.78. The second-order valence-electron chi connectivity index (χ2n) is 2.77. The average Bonchev–Trinajstić information content (AvgIpc) is 2.22. The molecule has 0 aliphatic carbocycles. The molecule has 0 heterocycles. The van der Waals surface area contributed by atoms with Gasteiger partial charge in [0.15, 0.2) is 0 Å². The molecule has 0 bridgehead atoms. The quantitative estimate of drug-likeness (QED) is 0.297. The van der Waals surface area contributed by atoms with Crippen molar-refractivity contribution in [2.24, 2.45) is 0 Å². The Balaban J connectivity index is 0. The summed E-state index contributed by atoms with van der Waals surface area (Å²) in [5.74, 6) is 0. The molecule has 5 N–H and O–H groups in total. The van der Waals surface area contributed by atoms with Gasteiger partial charge < -0.3 is 35.6 Å². The van der Waals surface area contributed by atoms with E-state index in [0.29, 0.717) is 0 Å². The standard InChI is InChI=1S/C7H15NO6.Rb/c9-2-5(12)7(14)6(13)4(11)1-8-3-10;/h3-7,9,11-14H,1-2H2,(H,8,10);/q;+1/p-1. The summed E-state index contributed by atoms with van der Waals surface area (Å²) in [6.45, 7) is -1.12. The first-order valence-electron chi connectivity index (χ1n) is 3.98. The number of amides is 1. The molecule has 7 nitrogen and oxygen atoms in total.